The van der Waals surface area contributed by atoms with Gasteiger partial charge >= 0.3 is 0 Å². The summed E-state index contributed by atoms with van der Waals surface area (Å²) in [4.78, 5) is 0. The fourth-order valence-corrected chi connectivity index (χ4v) is 1.40. The van der Waals surface area contributed by atoms with E-state index < -0.39 is 0 Å². The molecule has 0 atom stereocenters. The average molecular weight is 235 g/mol. The van der Waals surface area contributed by atoms with Gasteiger partial charge in [-0.1, -0.05) is 11.6 Å². The van der Waals surface area contributed by atoms with Gasteiger partial charge in [0.2, 0.25) is 0 Å². The minimum Gasteiger partial charge on any atom is -0.490 e. The van der Waals surface area contributed by atoms with E-state index in [0.717, 1.165) is 29.1 Å². The van der Waals surface area contributed by atoms with Crippen molar-refractivity contribution in [1.29, 1.82) is 0 Å². The first kappa shape index (κ1) is 13.6. The maximum atomic E-state index is 5.67. The van der Waals surface area contributed by atoms with Gasteiger partial charge < -0.3 is 15.2 Å². The Hall–Kier alpha value is -1.48. The van der Waals surface area contributed by atoms with Crippen LogP contribution in [0.3, 0.4) is 0 Å². The van der Waals surface area contributed by atoms with Gasteiger partial charge in [-0.25, -0.2) is 0 Å². The molecule has 17 heavy (non-hydrogen) atoms. The molecule has 0 aromatic heterocycles. The SMILES string of the molecule is C=C(C)CCOc1ccc(CN)cc1OCC. The summed E-state index contributed by atoms with van der Waals surface area (Å²) in [5.74, 6) is 1.53. The molecule has 0 bridgehead atoms. The quantitative estimate of drug-likeness (QED) is 0.739. The first-order chi connectivity index (χ1) is 8.17. The topological polar surface area (TPSA) is 44.5 Å². The minimum absolute atomic E-state index is 0.506. The van der Waals surface area contributed by atoms with Crippen molar-refractivity contribution in [2.75, 3.05) is 13.2 Å². The van der Waals surface area contributed by atoms with Crippen LogP contribution in [0.4, 0.5) is 0 Å². The van der Waals surface area contributed by atoms with Crippen LogP contribution in [0.25, 0.3) is 0 Å². The van der Waals surface area contributed by atoms with E-state index in [9.17, 15) is 0 Å². The molecule has 0 aliphatic carbocycles. The van der Waals surface area contributed by atoms with Crippen molar-refractivity contribution in [2.45, 2.75) is 26.8 Å². The van der Waals surface area contributed by atoms with Gasteiger partial charge in [-0.15, -0.1) is 6.58 Å². The molecule has 2 N–H and O–H groups in total. The van der Waals surface area contributed by atoms with Crippen molar-refractivity contribution in [3.63, 3.8) is 0 Å². The highest BCUT2D eigenvalue weighted by atomic mass is 16.5. The van der Waals surface area contributed by atoms with Crippen molar-refractivity contribution < 1.29 is 9.47 Å². The number of hydrogen-bond acceptors (Lipinski definition) is 3. The summed E-state index contributed by atoms with van der Waals surface area (Å²) < 4.78 is 11.2. The Morgan fingerprint density at radius 3 is 2.65 bits per heavy atom. The highest BCUT2D eigenvalue weighted by Gasteiger charge is 2.05. The maximum Gasteiger partial charge on any atom is 0.161 e. The van der Waals surface area contributed by atoms with Crippen molar-refractivity contribution in [2.24, 2.45) is 5.73 Å². The normalized spacial score (nSPS) is 10.1. The van der Waals surface area contributed by atoms with Crippen LogP contribution < -0.4 is 15.2 Å². The van der Waals surface area contributed by atoms with E-state index in [1.165, 1.54) is 0 Å². The van der Waals surface area contributed by atoms with Gasteiger partial charge in [0.25, 0.3) is 0 Å². The smallest absolute Gasteiger partial charge is 0.161 e. The molecule has 0 saturated carbocycles. The fourth-order valence-electron chi connectivity index (χ4n) is 1.40. The molecule has 94 valence electrons. The van der Waals surface area contributed by atoms with Gasteiger partial charge in [-0.05, 0) is 31.5 Å². The molecule has 1 aromatic carbocycles. The molecule has 0 fully saturated rings. The van der Waals surface area contributed by atoms with Gasteiger partial charge in [-0.3, -0.25) is 0 Å². The molecule has 0 spiro atoms. The molecule has 0 amide bonds. The third-order valence-electron chi connectivity index (χ3n) is 2.33. The van der Waals surface area contributed by atoms with Crippen LogP contribution in [-0.2, 0) is 6.54 Å². The van der Waals surface area contributed by atoms with Crippen LogP contribution in [-0.4, -0.2) is 13.2 Å². The van der Waals surface area contributed by atoms with Crippen LogP contribution in [0, 0.1) is 0 Å². The van der Waals surface area contributed by atoms with E-state index >= 15 is 0 Å². The lowest BCUT2D eigenvalue weighted by atomic mass is 10.2. The van der Waals surface area contributed by atoms with E-state index in [1.807, 2.05) is 32.0 Å². The number of nitrogens with two attached hydrogens (primary N) is 1. The molecule has 0 aliphatic heterocycles. The molecule has 1 rings (SSSR count). The van der Waals surface area contributed by atoms with Gasteiger partial charge in [-0.2, -0.15) is 0 Å². The number of hydrogen-bond donors (Lipinski definition) is 1. The van der Waals surface area contributed by atoms with Crippen LogP contribution in [0.5, 0.6) is 11.5 Å². The van der Waals surface area contributed by atoms with Crippen LogP contribution in [0.1, 0.15) is 25.8 Å². The predicted molar refractivity (Wildman–Crippen MR) is 70.4 cm³/mol. The first-order valence-corrected chi connectivity index (χ1v) is 5.90. The number of ether oxygens (including phenoxy) is 2. The number of benzene rings is 1. The van der Waals surface area contributed by atoms with Gasteiger partial charge in [0, 0.05) is 13.0 Å². The second-order valence-corrected chi connectivity index (χ2v) is 3.97. The van der Waals surface area contributed by atoms with Crippen molar-refractivity contribution in [3.8, 4) is 11.5 Å². The van der Waals surface area contributed by atoms with Gasteiger partial charge in [0.1, 0.15) is 0 Å². The van der Waals surface area contributed by atoms with E-state index in [2.05, 4.69) is 6.58 Å². The van der Waals surface area contributed by atoms with Crippen LogP contribution in [0.15, 0.2) is 30.4 Å². The molecular formula is C14H21NO2. The molecule has 1 aromatic rings. The molecule has 0 radical (unpaired) electrons. The zero-order valence-electron chi connectivity index (χ0n) is 10.7. The molecule has 0 unspecified atom stereocenters. The minimum atomic E-state index is 0.506. The highest BCUT2D eigenvalue weighted by molar-refractivity contribution is 5.43. The lowest BCUT2D eigenvalue weighted by molar-refractivity contribution is 0.279. The summed E-state index contributed by atoms with van der Waals surface area (Å²) in [6, 6.07) is 5.80. The Kier molecular flexibility index (Phi) is 5.57. The monoisotopic (exact) mass is 235 g/mol. The van der Waals surface area contributed by atoms with Crippen LogP contribution in [0.2, 0.25) is 0 Å². The fraction of sp³-hybridized carbons (Fsp3) is 0.429. The van der Waals surface area contributed by atoms with Gasteiger partial charge in [0.05, 0.1) is 13.2 Å². The first-order valence-electron chi connectivity index (χ1n) is 5.90. The summed E-state index contributed by atoms with van der Waals surface area (Å²) in [7, 11) is 0. The average Bonchev–Trinajstić information content (AvgIpc) is 2.31. The second kappa shape index (κ2) is 6.97. The van der Waals surface area contributed by atoms with Crippen molar-refractivity contribution >= 4 is 0 Å². The number of rotatable bonds is 7. The lowest BCUT2D eigenvalue weighted by Crippen LogP contribution is -2.03. The Morgan fingerprint density at radius 1 is 1.29 bits per heavy atom. The summed E-state index contributed by atoms with van der Waals surface area (Å²) in [5.41, 5.74) is 7.75. The standard InChI is InChI=1S/C14H21NO2/c1-4-16-14-9-12(10-15)5-6-13(14)17-8-7-11(2)3/h5-6,9H,2,4,7-8,10,15H2,1,3H3. The van der Waals surface area contributed by atoms with E-state index in [0.29, 0.717) is 19.8 Å². The molecule has 0 heterocycles. The van der Waals surface area contributed by atoms with Crippen molar-refractivity contribution in [1.82, 2.24) is 0 Å². The second-order valence-electron chi connectivity index (χ2n) is 3.97. The Morgan fingerprint density at radius 2 is 2.06 bits per heavy atom. The summed E-state index contributed by atoms with van der Waals surface area (Å²) in [6.07, 6.45) is 0.851. The molecule has 3 heteroatoms. The maximum absolute atomic E-state index is 5.67. The molecule has 0 aliphatic rings. The largest absolute Gasteiger partial charge is 0.490 e. The van der Waals surface area contributed by atoms with E-state index in [1.54, 1.807) is 0 Å². The Labute approximate surface area is 103 Å². The molecule has 0 saturated heterocycles. The third-order valence-corrected chi connectivity index (χ3v) is 2.33. The van der Waals surface area contributed by atoms with E-state index in [4.69, 9.17) is 15.2 Å². The Bertz CT molecular complexity index is 374. The predicted octanol–water partition coefficient (Wildman–Crippen LogP) is 2.89. The van der Waals surface area contributed by atoms with Crippen LogP contribution >= 0.6 is 0 Å². The zero-order chi connectivity index (χ0) is 12.7. The van der Waals surface area contributed by atoms with Gasteiger partial charge in [0.15, 0.2) is 11.5 Å². The Balaban J connectivity index is 2.71. The lowest BCUT2D eigenvalue weighted by Gasteiger charge is -2.13. The zero-order valence-corrected chi connectivity index (χ0v) is 10.7. The van der Waals surface area contributed by atoms with E-state index in [-0.39, 0.29) is 0 Å². The molecule has 3 nitrogen and oxygen atoms in total. The van der Waals surface area contributed by atoms with Crippen molar-refractivity contribution in [3.05, 3.63) is 35.9 Å². The third kappa shape index (κ3) is 4.49. The molecular weight excluding hydrogens is 214 g/mol. The summed E-state index contributed by atoms with van der Waals surface area (Å²) >= 11 is 0. The summed E-state index contributed by atoms with van der Waals surface area (Å²) in [6.45, 7) is 9.53. The highest BCUT2D eigenvalue weighted by Crippen LogP contribution is 2.28. The summed E-state index contributed by atoms with van der Waals surface area (Å²) in [5, 5.41) is 0.